The van der Waals surface area contributed by atoms with Gasteiger partial charge in [0, 0.05) is 11.6 Å². The van der Waals surface area contributed by atoms with Crippen molar-refractivity contribution < 1.29 is 19.0 Å². The summed E-state index contributed by atoms with van der Waals surface area (Å²) in [5.41, 5.74) is 2.48. The van der Waals surface area contributed by atoms with Gasteiger partial charge in [-0.05, 0) is 42.8 Å². The third-order valence-electron chi connectivity index (χ3n) is 4.60. The Morgan fingerprint density at radius 2 is 1.78 bits per heavy atom. The first-order valence-corrected chi connectivity index (χ1v) is 10.1. The van der Waals surface area contributed by atoms with Crippen LogP contribution in [0.1, 0.15) is 23.1 Å². The average molecular weight is 430 g/mol. The molecule has 0 saturated carbocycles. The SMILES string of the molecule is CCOC(=O)c1nc(-c2ccc(OCc3ccccc3)cc2)n(-c2ccc(OC)nc2)n1. The van der Waals surface area contributed by atoms with Crippen molar-refractivity contribution in [1.29, 1.82) is 0 Å². The summed E-state index contributed by atoms with van der Waals surface area (Å²) in [5.74, 6) is 1.06. The van der Waals surface area contributed by atoms with Crippen LogP contribution < -0.4 is 9.47 Å². The summed E-state index contributed by atoms with van der Waals surface area (Å²) >= 11 is 0. The maximum atomic E-state index is 12.2. The number of hydrogen-bond acceptors (Lipinski definition) is 7. The topological polar surface area (TPSA) is 88.4 Å². The normalized spacial score (nSPS) is 10.6. The highest BCUT2D eigenvalue weighted by atomic mass is 16.5. The van der Waals surface area contributed by atoms with Crippen molar-refractivity contribution in [3.05, 3.63) is 84.3 Å². The van der Waals surface area contributed by atoms with E-state index in [-0.39, 0.29) is 12.4 Å². The van der Waals surface area contributed by atoms with Crippen LogP contribution in [-0.4, -0.2) is 39.4 Å². The quantitative estimate of drug-likeness (QED) is 0.389. The molecule has 0 amide bonds. The van der Waals surface area contributed by atoms with E-state index >= 15 is 0 Å². The van der Waals surface area contributed by atoms with E-state index in [1.54, 1.807) is 37.0 Å². The van der Waals surface area contributed by atoms with E-state index in [2.05, 4.69) is 15.1 Å². The number of esters is 1. The number of carbonyl (C=O) groups is 1. The summed E-state index contributed by atoms with van der Waals surface area (Å²) in [6.45, 7) is 2.44. The largest absolute Gasteiger partial charge is 0.489 e. The number of carbonyl (C=O) groups excluding carboxylic acids is 1. The van der Waals surface area contributed by atoms with Crippen molar-refractivity contribution in [2.45, 2.75) is 13.5 Å². The molecule has 0 spiro atoms. The molecule has 32 heavy (non-hydrogen) atoms. The van der Waals surface area contributed by atoms with E-state index < -0.39 is 5.97 Å². The lowest BCUT2D eigenvalue weighted by Gasteiger charge is -2.09. The van der Waals surface area contributed by atoms with Gasteiger partial charge in [-0.15, -0.1) is 5.10 Å². The van der Waals surface area contributed by atoms with E-state index in [0.717, 1.165) is 16.9 Å². The molecular formula is C24H22N4O4. The molecule has 0 aliphatic rings. The number of hydrogen-bond donors (Lipinski definition) is 0. The average Bonchev–Trinajstić information content (AvgIpc) is 3.30. The number of benzene rings is 2. The molecule has 8 heteroatoms. The van der Waals surface area contributed by atoms with Gasteiger partial charge in [-0.2, -0.15) is 0 Å². The fourth-order valence-corrected chi connectivity index (χ4v) is 3.02. The number of pyridine rings is 1. The van der Waals surface area contributed by atoms with Crippen molar-refractivity contribution in [1.82, 2.24) is 19.7 Å². The Hall–Kier alpha value is -4.20. The van der Waals surface area contributed by atoms with Crippen LogP contribution in [0.15, 0.2) is 72.9 Å². The molecule has 0 unspecified atom stereocenters. The van der Waals surface area contributed by atoms with E-state index in [9.17, 15) is 4.79 Å². The molecule has 4 rings (SSSR count). The third-order valence-corrected chi connectivity index (χ3v) is 4.60. The molecule has 0 bridgehead atoms. The molecule has 0 fully saturated rings. The maximum Gasteiger partial charge on any atom is 0.378 e. The van der Waals surface area contributed by atoms with Crippen LogP contribution in [0.3, 0.4) is 0 Å². The number of ether oxygens (including phenoxy) is 3. The Labute approximate surface area is 185 Å². The van der Waals surface area contributed by atoms with Gasteiger partial charge in [0.2, 0.25) is 5.88 Å². The Morgan fingerprint density at radius 3 is 2.44 bits per heavy atom. The smallest absolute Gasteiger partial charge is 0.378 e. The van der Waals surface area contributed by atoms with Gasteiger partial charge in [0.15, 0.2) is 5.82 Å². The lowest BCUT2D eigenvalue weighted by Crippen LogP contribution is -2.07. The highest BCUT2D eigenvalue weighted by molar-refractivity contribution is 5.86. The third kappa shape index (κ3) is 4.75. The molecule has 0 aliphatic heterocycles. The van der Waals surface area contributed by atoms with Crippen LogP contribution in [0.5, 0.6) is 11.6 Å². The summed E-state index contributed by atoms with van der Waals surface area (Å²) in [7, 11) is 1.54. The first-order chi connectivity index (χ1) is 15.7. The molecule has 0 atom stereocenters. The number of rotatable bonds is 8. The van der Waals surface area contributed by atoms with Crippen LogP contribution in [0.25, 0.3) is 17.1 Å². The molecule has 0 radical (unpaired) electrons. The van der Waals surface area contributed by atoms with Gasteiger partial charge in [0.05, 0.1) is 25.6 Å². The second-order valence-electron chi connectivity index (χ2n) is 6.75. The zero-order valence-corrected chi connectivity index (χ0v) is 17.8. The highest BCUT2D eigenvalue weighted by Crippen LogP contribution is 2.25. The monoisotopic (exact) mass is 430 g/mol. The van der Waals surface area contributed by atoms with E-state index in [1.165, 1.54) is 0 Å². The van der Waals surface area contributed by atoms with Crippen LogP contribution in [0.4, 0.5) is 0 Å². The number of nitrogens with zero attached hydrogens (tertiary/aromatic N) is 4. The number of methoxy groups -OCH3 is 1. The number of aromatic nitrogens is 4. The van der Waals surface area contributed by atoms with E-state index in [0.29, 0.717) is 24.0 Å². The predicted molar refractivity (Wildman–Crippen MR) is 118 cm³/mol. The lowest BCUT2D eigenvalue weighted by molar-refractivity contribution is 0.0512. The van der Waals surface area contributed by atoms with Crippen molar-refractivity contribution in [2.75, 3.05) is 13.7 Å². The molecule has 4 aromatic rings. The van der Waals surface area contributed by atoms with Gasteiger partial charge >= 0.3 is 5.97 Å². The minimum absolute atomic E-state index is 0.0259. The first-order valence-electron chi connectivity index (χ1n) is 10.1. The lowest BCUT2D eigenvalue weighted by atomic mass is 10.2. The molecule has 0 aliphatic carbocycles. The summed E-state index contributed by atoms with van der Waals surface area (Å²) in [4.78, 5) is 20.9. The summed E-state index contributed by atoms with van der Waals surface area (Å²) in [6.07, 6.45) is 1.60. The van der Waals surface area contributed by atoms with Crippen LogP contribution in [-0.2, 0) is 11.3 Å². The zero-order chi connectivity index (χ0) is 22.3. The molecule has 2 aromatic carbocycles. The van der Waals surface area contributed by atoms with Crippen LogP contribution in [0, 0.1) is 0 Å². The van der Waals surface area contributed by atoms with Crippen LogP contribution in [0.2, 0.25) is 0 Å². The molecule has 162 valence electrons. The van der Waals surface area contributed by atoms with Crippen molar-refractivity contribution in [3.63, 3.8) is 0 Å². The first kappa shape index (κ1) is 21.0. The zero-order valence-electron chi connectivity index (χ0n) is 17.8. The van der Waals surface area contributed by atoms with Gasteiger partial charge in [-0.3, -0.25) is 0 Å². The van der Waals surface area contributed by atoms with Gasteiger partial charge in [-0.1, -0.05) is 30.3 Å². The highest BCUT2D eigenvalue weighted by Gasteiger charge is 2.20. The molecule has 0 saturated heterocycles. The minimum atomic E-state index is -0.586. The Bertz CT molecular complexity index is 1170. The maximum absolute atomic E-state index is 12.2. The standard InChI is InChI=1S/C24H22N4O4/c1-3-31-24(29)22-26-23(28(27-22)19-11-14-21(30-2)25-15-19)18-9-12-20(13-10-18)32-16-17-7-5-4-6-8-17/h4-15H,3,16H2,1-2H3. The molecule has 0 N–H and O–H groups in total. The van der Waals surface area contributed by atoms with E-state index in [4.69, 9.17) is 14.2 Å². The molecule has 8 nitrogen and oxygen atoms in total. The van der Waals surface area contributed by atoms with Crippen molar-refractivity contribution >= 4 is 5.97 Å². The van der Waals surface area contributed by atoms with E-state index in [1.807, 2.05) is 54.6 Å². The van der Waals surface area contributed by atoms with Gasteiger partial charge < -0.3 is 14.2 Å². The molecule has 2 heterocycles. The molecule has 2 aromatic heterocycles. The van der Waals surface area contributed by atoms with Crippen molar-refractivity contribution in [2.24, 2.45) is 0 Å². The second kappa shape index (κ2) is 9.74. The Balaban J connectivity index is 1.62. The Kier molecular flexibility index (Phi) is 6.41. The Morgan fingerprint density at radius 1 is 1.00 bits per heavy atom. The van der Waals surface area contributed by atoms with Crippen LogP contribution >= 0.6 is 0 Å². The second-order valence-corrected chi connectivity index (χ2v) is 6.75. The van der Waals surface area contributed by atoms with Gasteiger partial charge in [-0.25, -0.2) is 19.4 Å². The predicted octanol–water partition coefficient (Wildman–Crippen LogP) is 4.09. The fourth-order valence-electron chi connectivity index (χ4n) is 3.02. The fraction of sp³-hybridized carbons (Fsp3) is 0.167. The summed E-state index contributed by atoms with van der Waals surface area (Å²) < 4.78 is 17.6. The summed E-state index contributed by atoms with van der Waals surface area (Å²) in [5, 5.41) is 4.35. The summed E-state index contributed by atoms with van der Waals surface area (Å²) in [6, 6.07) is 20.9. The van der Waals surface area contributed by atoms with Crippen molar-refractivity contribution in [3.8, 4) is 28.7 Å². The van der Waals surface area contributed by atoms with Gasteiger partial charge in [0.1, 0.15) is 12.4 Å². The van der Waals surface area contributed by atoms with Gasteiger partial charge in [0.25, 0.3) is 5.82 Å². The molecular weight excluding hydrogens is 408 g/mol. The minimum Gasteiger partial charge on any atom is -0.489 e.